The fourth-order valence-corrected chi connectivity index (χ4v) is 7.05. The number of nitrogens with one attached hydrogen (secondary N) is 1. The van der Waals surface area contributed by atoms with Crippen molar-refractivity contribution in [2.75, 3.05) is 29.9 Å². The predicted molar refractivity (Wildman–Crippen MR) is 140 cm³/mol. The van der Waals surface area contributed by atoms with Gasteiger partial charge in [-0.2, -0.15) is 4.31 Å². The van der Waals surface area contributed by atoms with E-state index in [9.17, 15) is 18.0 Å². The highest BCUT2D eigenvalue weighted by atomic mass is 32.2. The van der Waals surface area contributed by atoms with E-state index in [2.05, 4.69) is 12.2 Å². The molecule has 1 N–H and O–H groups in total. The van der Waals surface area contributed by atoms with Gasteiger partial charge < -0.3 is 10.2 Å². The summed E-state index contributed by atoms with van der Waals surface area (Å²) in [5.41, 5.74) is 3.71. The van der Waals surface area contributed by atoms with Crippen LogP contribution >= 0.6 is 0 Å². The van der Waals surface area contributed by atoms with Gasteiger partial charge in [0.05, 0.1) is 4.90 Å². The number of carbonyl (C=O) groups excluding carboxylic acids is 2. The van der Waals surface area contributed by atoms with Crippen LogP contribution < -0.4 is 10.2 Å². The van der Waals surface area contributed by atoms with Crippen molar-refractivity contribution in [1.82, 2.24) is 4.31 Å². The molecule has 192 valence electrons. The van der Waals surface area contributed by atoms with E-state index < -0.39 is 10.0 Å². The lowest BCUT2D eigenvalue weighted by Gasteiger charge is -2.35. The number of benzene rings is 2. The Balaban J connectivity index is 1.25. The molecule has 2 fully saturated rings. The van der Waals surface area contributed by atoms with Gasteiger partial charge in [-0.1, -0.05) is 31.5 Å². The monoisotopic (exact) mass is 509 g/mol. The van der Waals surface area contributed by atoms with Crippen molar-refractivity contribution >= 4 is 33.2 Å². The summed E-state index contributed by atoms with van der Waals surface area (Å²) < 4.78 is 28.4. The van der Waals surface area contributed by atoms with Crippen molar-refractivity contribution in [3.63, 3.8) is 0 Å². The molecule has 2 heterocycles. The van der Waals surface area contributed by atoms with Crippen molar-refractivity contribution < 1.29 is 18.0 Å². The maximum Gasteiger partial charge on any atom is 0.243 e. The molecule has 2 aromatic rings. The van der Waals surface area contributed by atoms with Crippen molar-refractivity contribution in [1.29, 1.82) is 0 Å². The number of rotatable bonds is 6. The van der Waals surface area contributed by atoms with E-state index in [1.54, 1.807) is 12.1 Å². The van der Waals surface area contributed by atoms with Crippen LogP contribution in [0.4, 0.5) is 11.4 Å². The summed E-state index contributed by atoms with van der Waals surface area (Å²) in [5, 5.41) is 3.04. The fourth-order valence-electron chi connectivity index (χ4n) is 5.53. The van der Waals surface area contributed by atoms with E-state index in [-0.39, 0.29) is 28.5 Å². The molecule has 36 heavy (non-hydrogen) atoms. The van der Waals surface area contributed by atoms with Gasteiger partial charge in [-0.25, -0.2) is 8.42 Å². The zero-order valence-corrected chi connectivity index (χ0v) is 21.7. The Morgan fingerprint density at radius 2 is 1.69 bits per heavy atom. The predicted octanol–water partition coefficient (Wildman–Crippen LogP) is 4.37. The summed E-state index contributed by atoms with van der Waals surface area (Å²) in [6.07, 6.45) is 6.46. The van der Waals surface area contributed by atoms with E-state index in [4.69, 9.17) is 0 Å². The third kappa shape index (κ3) is 4.81. The van der Waals surface area contributed by atoms with Crippen molar-refractivity contribution in [2.24, 2.45) is 11.8 Å². The molecule has 0 bridgehead atoms. The number of piperidine rings is 1. The Bertz CT molecular complexity index is 1250. The summed E-state index contributed by atoms with van der Waals surface area (Å²) in [5.74, 6) is 0.0435. The second-order valence-corrected chi connectivity index (χ2v) is 12.1. The number of fused-ring (bicyclic) bond motifs is 1. The van der Waals surface area contributed by atoms with Gasteiger partial charge >= 0.3 is 0 Å². The lowest BCUT2D eigenvalue weighted by atomic mass is 9.83. The van der Waals surface area contributed by atoms with Gasteiger partial charge in [0.2, 0.25) is 21.8 Å². The van der Waals surface area contributed by atoms with Crippen molar-refractivity contribution in [2.45, 2.75) is 63.2 Å². The van der Waals surface area contributed by atoms with Crippen LogP contribution in [0.25, 0.3) is 0 Å². The molecule has 1 saturated carbocycles. The highest BCUT2D eigenvalue weighted by Gasteiger charge is 2.35. The van der Waals surface area contributed by atoms with Gasteiger partial charge in [-0.3, -0.25) is 9.59 Å². The van der Waals surface area contributed by atoms with Crippen molar-refractivity contribution in [3.8, 4) is 0 Å². The van der Waals surface area contributed by atoms with Crippen LogP contribution in [-0.4, -0.2) is 44.2 Å². The molecule has 5 rings (SSSR count). The highest BCUT2D eigenvalue weighted by molar-refractivity contribution is 7.89. The van der Waals surface area contributed by atoms with Gasteiger partial charge in [-0.15, -0.1) is 0 Å². The van der Waals surface area contributed by atoms with Crippen LogP contribution in [0.1, 0.15) is 56.6 Å². The summed E-state index contributed by atoms with van der Waals surface area (Å²) in [6.45, 7) is 3.39. The first-order valence-electron chi connectivity index (χ1n) is 13.2. The van der Waals surface area contributed by atoms with E-state index in [0.29, 0.717) is 32.5 Å². The maximum absolute atomic E-state index is 13.4. The largest absolute Gasteiger partial charge is 0.326 e. The smallest absolute Gasteiger partial charge is 0.243 e. The van der Waals surface area contributed by atoms with Crippen LogP contribution in [0.2, 0.25) is 0 Å². The summed E-state index contributed by atoms with van der Waals surface area (Å²) in [7, 11) is -3.66. The van der Waals surface area contributed by atoms with Crippen molar-refractivity contribution in [3.05, 3.63) is 53.6 Å². The lowest BCUT2D eigenvalue weighted by Crippen LogP contribution is -2.42. The molecule has 0 aromatic heterocycles. The Labute approximate surface area is 213 Å². The molecule has 7 nitrogen and oxygen atoms in total. The Morgan fingerprint density at radius 3 is 2.39 bits per heavy atom. The van der Waals surface area contributed by atoms with Gasteiger partial charge in [0.1, 0.15) is 0 Å². The van der Waals surface area contributed by atoms with E-state index >= 15 is 0 Å². The van der Waals surface area contributed by atoms with Gasteiger partial charge in [0, 0.05) is 42.8 Å². The van der Waals surface area contributed by atoms with Crippen LogP contribution in [0.3, 0.4) is 0 Å². The van der Waals surface area contributed by atoms with Gasteiger partial charge in [0.15, 0.2) is 0 Å². The average Bonchev–Trinajstić information content (AvgIpc) is 2.87. The van der Waals surface area contributed by atoms with E-state index in [1.165, 1.54) is 4.31 Å². The normalized spacial score (nSPS) is 19.4. The molecule has 1 aliphatic carbocycles. The molecule has 0 radical (unpaired) electrons. The molecule has 0 atom stereocenters. The summed E-state index contributed by atoms with van der Waals surface area (Å²) in [4.78, 5) is 27.9. The lowest BCUT2D eigenvalue weighted by molar-refractivity contribution is -0.124. The minimum Gasteiger partial charge on any atom is -0.326 e. The topological polar surface area (TPSA) is 86.8 Å². The molecule has 2 aliphatic heterocycles. The quantitative estimate of drug-likeness (QED) is 0.627. The first kappa shape index (κ1) is 25.0. The number of amides is 2. The minimum atomic E-state index is -3.66. The van der Waals surface area contributed by atoms with Crippen LogP contribution in [0, 0.1) is 11.8 Å². The Hall–Kier alpha value is -2.71. The second-order valence-electron chi connectivity index (χ2n) is 10.2. The van der Waals surface area contributed by atoms with Gasteiger partial charge in [0.25, 0.3) is 0 Å². The zero-order valence-electron chi connectivity index (χ0n) is 20.9. The SMILES string of the molecule is CCc1ccccc1NC(=O)C1CCN(S(=O)(=O)c2ccc3c(c2)CCCN3C(=O)C2CCC2)CC1. The van der Waals surface area contributed by atoms with Crippen LogP contribution in [0.5, 0.6) is 0 Å². The summed E-state index contributed by atoms with van der Waals surface area (Å²) >= 11 is 0. The Morgan fingerprint density at radius 1 is 0.944 bits per heavy atom. The molecule has 8 heteroatoms. The number of sulfonamides is 1. The zero-order chi connectivity index (χ0) is 25.3. The molecule has 3 aliphatic rings. The van der Waals surface area contributed by atoms with Gasteiger partial charge in [-0.05, 0) is 80.3 Å². The fraction of sp³-hybridized carbons (Fsp3) is 0.500. The number of aryl methyl sites for hydroxylation is 2. The molecular formula is C28H35N3O4S. The maximum atomic E-state index is 13.4. The third-order valence-electron chi connectivity index (χ3n) is 8.01. The van der Waals surface area contributed by atoms with E-state index in [0.717, 1.165) is 61.0 Å². The van der Waals surface area contributed by atoms with E-state index in [1.807, 2.05) is 35.2 Å². The number of nitrogens with zero attached hydrogens (tertiary/aromatic N) is 2. The minimum absolute atomic E-state index is 0.0436. The molecule has 0 unspecified atom stereocenters. The number of hydrogen-bond acceptors (Lipinski definition) is 4. The van der Waals surface area contributed by atoms with Crippen LogP contribution in [0.15, 0.2) is 47.4 Å². The highest BCUT2D eigenvalue weighted by Crippen LogP contribution is 2.36. The summed E-state index contributed by atoms with van der Waals surface area (Å²) in [6, 6.07) is 13.0. The Kier molecular flexibility index (Phi) is 7.17. The number of hydrogen-bond donors (Lipinski definition) is 1. The third-order valence-corrected chi connectivity index (χ3v) is 9.90. The average molecular weight is 510 g/mol. The first-order chi connectivity index (χ1) is 17.4. The molecular weight excluding hydrogens is 474 g/mol. The second kappa shape index (κ2) is 10.3. The molecule has 2 aromatic carbocycles. The van der Waals surface area contributed by atoms with Crippen LogP contribution in [-0.2, 0) is 32.5 Å². The number of carbonyl (C=O) groups is 2. The standard InChI is InChI=1S/C28H35N3O4S/c1-2-20-7-3-4-11-25(20)29-27(32)21-14-17-30(18-15-21)36(34,35)24-12-13-26-23(19-24)10-6-16-31(26)28(33)22-8-5-9-22/h3-4,7,11-13,19,21-22H,2,5-6,8-10,14-18H2,1H3,(H,29,32). The first-order valence-corrected chi connectivity index (χ1v) is 14.7. The molecule has 2 amide bonds. The molecule has 0 spiro atoms. The number of anilines is 2. The number of para-hydroxylation sites is 1. The molecule has 1 saturated heterocycles.